The van der Waals surface area contributed by atoms with Gasteiger partial charge in [0.2, 0.25) is 0 Å². The first-order valence-electron chi connectivity index (χ1n) is 39.5. The van der Waals surface area contributed by atoms with Gasteiger partial charge in [0.05, 0.1) is 26.4 Å². The van der Waals surface area contributed by atoms with Crippen LogP contribution in [0.4, 0.5) is 0 Å². The lowest BCUT2D eigenvalue weighted by atomic mass is 10.1. The number of esters is 4. The maximum absolute atomic E-state index is 13.1. The smallest absolute Gasteiger partial charge is 0.462 e. The van der Waals surface area contributed by atoms with E-state index in [-0.39, 0.29) is 25.7 Å². The van der Waals surface area contributed by atoms with E-state index in [9.17, 15) is 43.2 Å². The number of aliphatic hydroxyl groups is 1. The highest BCUT2D eigenvalue weighted by Gasteiger charge is 2.30. The lowest BCUT2D eigenvalue weighted by Crippen LogP contribution is -2.30. The Hall–Kier alpha value is -4.02. The van der Waals surface area contributed by atoms with Crippen LogP contribution in [0.2, 0.25) is 0 Å². The number of allylic oxidation sites excluding steroid dienone is 16. The van der Waals surface area contributed by atoms with Gasteiger partial charge in [0, 0.05) is 25.7 Å². The third-order valence-electron chi connectivity index (χ3n) is 16.5. The molecular formula is C81H142O17P2. The van der Waals surface area contributed by atoms with Crippen molar-refractivity contribution in [2.75, 3.05) is 39.6 Å². The molecule has 0 fully saturated rings. The fraction of sp³-hybridized carbons (Fsp3) is 0.753. The van der Waals surface area contributed by atoms with Gasteiger partial charge in [-0.3, -0.25) is 37.3 Å². The zero-order valence-corrected chi connectivity index (χ0v) is 64.9. The Kier molecular flexibility index (Phi) is 70.4. The van der Waals surface area contributed by atoms with Crippen LogP contribution in [-0.4, -0.2) is 96.7 Å². The van der Waals surface area contributed by atoms with Gasteiger partial charge in [0.1, 0.15) is 19.3 Å². The summed E-state index contributed by atoms with van der Waals surface area (Å²) in [5.74, 6) is -2.26. The van der Waals surface area contributed by atoms with Gasteiger partial charge in [-0.15, -0.1) is 0 Å². The highest BCUT2D eigenvalue weighted by atomic mass is 31.2. The third-order valence-corrected chi connectivity index (χ3v) is 18.4. The second kappa shape index (κ2) is 73.3. The Morgan fingerprint density at radius 3 is 0.890 bits per heavy atom. The SMILES string of the molecule is CCCCC/C=C\C/C=C\C/C=C\C/C=C\CCCC(=O)O[C@H](COC(=O)CCCCCCC/C=C\C=C/CCCCCC)COP(=O)(O)OC[C@H](O)COP(=O)(O)OC[C@@H](COC(=O)CCCCCCC/C=C\CCCCCCCC)OC(=O)CCCCCCC/C=C\CCCCCC. The van der Waals surface area contributed by atoms with Crippen molar-refractivity contribution in [1.29, 1.82) is 0 Å². The molecule has 0 heterocycles. The summed E-state index contributed by atoms with van der Waals surface area (Å²) in [6.45, 7) is 4.73. The van der Waals surface area contributed by atoms with Crippen LogP contribution in [0.3, 0.4) is 0 Å². The number of aliphatic hydroxyl groups excluding tert-OH is 1. The van der Waals surface area contributed by atoms with Crippen LogP contribution in [0.25, 0.3) is 0 Å². The molecule has 3 N–H and O–H groups in total. The summed E-state index contributed by atoms with van der Waals surface area (Å²) in [7, 11) is -9.97. The van der Waals surface area contributed by atoms with Gasteiger partial charge in [0.25, 0.3) is 0 Å². The average molecular weight is 1450 g/mol. The van der Waals surface area contributed by atoms with Crippen molar-refractivity contribution in [3.8, 4) is 0 Å². The molecule has 0 bridgehead atoms. The molecule has 17 nitrogen and oxygen atoms in total. The van der Waals surface area contributed by atoms with Crippen LogP contribution in [0.1, 0.15) is 336 Å². The summed E-state index contributed by atoms with van der Waals surface area (Å²) in [6, 6.07) is 0. The van der Waals surface area contributed by atoms with E-state index in [1.807, 2.05) is 12.2 Å². The van der Waals surface area contributed by atoms with E-state index in [2.05, 4.69) is 113 Å². The van der Waals surface area contributed by atoms with E-state index < -0.39 is 97.5 Å². The zero-order valence-electron chi connectivity index (χ0n) is 63.1. The summed E-state index contributed by atoms with van der Waals surface area (Å²) >= 11 is 0. The highest BCUT2D eigenvalue weighted by molar-refractivity contribution is 7.47. The topological polar surface area (TPSA) is 237 Å². The molecule has 19 heteroatoms. The van der Waals surface area contributed by atoms with E-state index in [0.29, 0.717) is 32.1 Å². The number of phosphoric ester groups is 2. The molecule has 0 aromatic carbocycles. The lowest BCUT2D eigenvalue weighted by molar-refractivity contribution is -0.161. The van der Waals surface area contributed by atoms with E-state index in [0.717, 1.165) is 141 Å². The van der Waals surface area contributed by atoms with Crippen molar-refractivity contribution >= 4 is 39.5 Å². The fourth-order valence-corrected chi connectivity index (χ4v) is 12.0. The molecule has 0 aromatic heterocycles. The first kappa shape index (κ1) is 96.0. The molecule has 0 aromatic rings. The molecular weight excluding hydrogens is 1310 g/mol. The molecule has 0 aliphatic heterocycles. The molecule has 0 rings (SSSR count). The monoisotopic (exact) mass is 1450 g/mol. The second-order valence-electron chi connectivity index (χ2n) is 26.3. The van der Waals surface area contributed by atoms with E-state index in [4.69, 9.17) is 37.0 Å². The van der Waals surface area contributed by atoms with Gasteiger partial charge < -0.3 is 33.8 Å². The molecule has 0 saturated carbocycles. The van der Waals surface area contributed by atoms with Crippen molar-refractivity contribution in [2.45, 2.75) is 354 Å². The third kappa shape index (κ3) is 72.3. The largest absolute Gasteiger partial charge is 0.472 e. The van der Waals surface area contributed by atoms with Crippen LogP contribution in [0.5, 0.6) is 0 Å². The second-order valence-corrected chi connectivity index (χ2v) is 29.2. The van der Waals surface area contributed by atoms with Crippen LogP contribution >= 0.6 is 15.6 Å². The molecule has 0 amide bonds. The Morgan fingerprint density at radius 2 is 0.530 bits per heavy atom. The molecule has 5 atom stereocenters. The minimum absolute atomic E-state index is 0.0155. The molecule has 0 aliphatic carbocycles. The molecule has 0 aliphatic rings. The van der Waals surface area contributed by atoms with Crippen LogP contribution in [-0.2, 0) is 65.4 Å². The Balaban J connectivity index is 5.42. The predicted molar refractivity (Wildman–Crippen MR) is 409 cm³/mol. The van der Waals surface area contributed by atoms with Crippen molar-refractivity contribution in [1.82, 2.24) is 0 Å². The van der Waals surface area contributed by atoms with Crippen molar-refractivity contribution in [3.05, 3.63) is 97.2 Å². The van der Waals surface area contributed by atoms with Crippen molar-refractivity contribution in [2.24, 2.45) is 0 Å². The van der Waals surface area contributed by atoms with E-state index in [1.165, 1.54) is 109 Å². The molecule has 0 spiro atoms. The first-order chi connectivity index (χ1) is 48.7. The standard InChI is InChI=1S/C81H142O17P2/c1-5-9-13-17-21-25-29-33-36-37-40-44-48-52-56-60-64-68-81(86)98-77(72-92-79(84)66-62-58-54-50-46-43-39-35-31-27-23-19-15-11-7-3)74-96-100(89,90)94-70-75(82)69-93-99(87,88)95-73-76(97-80(85)67-63-59-55-51-47-41-32-28-24-20-16-12-8-4)71-91-78(83)65-61-57-53-49-45-42-38-34-30-26-22-18-14-10-6-2/h21,25,27-28,31-36,38-40,44,52,56,75-77,82H,5-20,22-24,26,29-30,37,41-43,45-51,53-55,57-74H2,1-4H3,(H,87,88)(H,89,90)/b25-21-,31-27-,32-28-,36-33-,38-34-,39-35-,44-40-,56-52-/t75-,76-,77-/m1/s1. The highest BCUT2D eigenvalue weighted by Crippen LogP contribution is 2.45. The minimum Gasteiger partial charge on any atom is -0.462 e. The average Bonchev–Trinajstić information content (AvgIpc) is 0.962. The Bertz CT molecular complexity index is 2270. The Labute approximate surface area is 607 Å². The maximum atomic E-state index is 13.1. The number of carbonyl (C=O) groups is 4. The van der Waals surface area contributed by atoms with Gasteiger partial charge in [0.15, 0.2) is 12.2 Å². The van der Waals surface area contributed by atoms with Gasteiger partial charge in [-0.25, -0.2) is 9.13 Å². The molecule has 100 heavy (non-hydrogen) atoms. The van der Waals surface area contributed by atoms with Crippen LogP contribution in [0.15, 0.2) is 97.2 Å². The van der Waals surface area contributed by atoms with Crippen molar-refractivity contribution in [3.63, 3.8) is 0 Å². The number of hydrogen-bond donors (Lipinski definition) is 3. The molecule has 0 saturated heterocycles. The number of phosphoric acid groups is 2. The van der Waals surface area contributed by atoms with Crippen LogP contribution < -0.4 is 0 Å². The van der Waals surface area contributed by atoms with Gasteiger partial charge >= 0.3 is 39.5 Å². The molecule has 2 unspecified atom stereocenters. The predicted octanol–water partition coefficient (Wildman–Crippen LogP) is 22.8. The number of carbonyl (C=O) groups excluding carboxylic acids is 4. The summed E-state index contributed by atoms with van der Waals surface area (Å²) < 4.78 is 68.5. The number of ether oxygens (including phenoxy) is 4. The fourth-order valence-electron chi connectivity index (χ4n) is 10.4. The van der Waals surface area contributed by atoms with E-state index in [1.54, 1.807) is 0 Å². The number of unbranched alkanes of at least 4 members (excludes halogenated alkanes) is 33. The number of hydrogen-bond acceptors (Lipinski definition) is 15. The summed E-state index contributed by atoms with van der Waals surface area (Å²) in [5, 5.41) is 10.6. The summed E-state index contributed by atoms with van der Waals surface area (Å²) in [5.41, 5.74) is 0. The summed E-state index contributed by atoms with van der Waals surface area (Å²) in [4.78, 5) is 72.9. The van der Waals surface area contributed by atoms with Gasteiger partial charge in [-0.1, -0.05) is 266 Å². The first-order valence-corrected chi connectivity index (χ1v) is 42.5. The quantitative estimate of drug-likeness (QED) is 0.0128. The molecule has 578 valence electrons. The lowest BCUT2D eigenvalue weighted by Gasteiger charge is -2.21. The molecule has 0 radical (unpaired) electrons. The summed E-state index contributed by atoms with van der Waals surface area (Å²) in [6.07, 6.45) is 76.8. The maximum Gasteiger partial charge on any atom is 0.472 e. The minimum atomic E-state index is -4.99. The van der Waals surface area contributed by atoms with Gasteiger partial charge in [-0.2, -0.15) is 0 Å². The van der Waals surface area contributed by atoms with Crippen LogP contribution in [0, 0.1) is 0 Å². The van der Waals surface area contributed by atoms with E-state index >= 15 is 0 Å². The number of rotatable bonds is 74. The Morgan fingerprint density at radius 1 is 0.290 bits per heavy atom. The normalized spacial score (nSPS) is 14.4. The van der Waals surface area contributed by atoms with Gasteiger partial charge in [-0.05, 0) is 141 Å². The van der Waals surface area contributed by atoms with Crippen molar-refractivity contribution < 1.29 is 80.2 Å². The zero-order chi connectivity index (χ0) is 73.2.